The van der Waals surface area contributed by atoms with Crippen LogP contribution < -0.4 is 5.32 Å². The van der Waals surface area contributed by atoms with E-state index < -0.39 is 10.5 Å². The van der Waals surface area contributed by atoms with Crippen LogP contribution in [0.5, 0.6) is 0 Å². The lowest BCUT2D eigenvalue weighted by molar-refractivity contribution is -0.384. The molecular formula is C10H14ClN3O3. The molecule has 0 radical (unpaired) electrons. The Balaban J connectivity index is 2.89. The molecule has 1 heterocycles. The van der Waals surface area contributed by atoms with Crippen molar-refractivity contribution in [2.24, 2.45) is 0 Å². The number of aliphatic hydroxyl groups is 1. The van der Waals surface area contributed by atoms with E-state index in [1.807, 2.05) is 6.92 Å². The van der Waals surface area contributed by atoms with Gasteiger partial charge < -0.3 is 10.4 Å². The average Bonchev–Trinajstić information content (AvgIpc) is 2.26. The zero-order chi connectivity index (χ0) is 13.1. The van der Waals surface area contributed by atoms with E-state index in [9.17, 15) is 15.2 Å². The number of nitro groups is 1. The molecule has 0 saturated carbocycles. The number of nitrogens with one attached hydrogen (secondary N) is 1. The second-order valence-corrected chi connectivity index (χ2v) is 4.35. The summed E-state index contributed by atoms with van der Waals surface area (Å²) >= 11 is 5.67. The van der Waals surface area contributed by atoms with E-state index in [2.05, 4.69) is 10.3 Å². The fourth-order valence-corrected chi connectivity index (χ4v) is 1.25. The van der Waals surface area contributed by atoms with Crippen molar-refractivity contribution in [3.63, 3.8) is 0 Å². The number of hydrogen-bond acceptors (Lipinski definition) is 5. The molecule has 0 spiro atoms. The summed E-state index contributed by atoms with van der Waals surface area (Å²) in [6.45, 7) is 3.62. The van der Waals surface area contributed by atoms with Gasteiger partial charge in [0.25, 0.3) is 0 Å². The second kappa shape index (κ2) is 5.29. The highest BCUT2D eigenvalue weighted by atomic mass is 35.5. The number of anilines is 1. The summed E-state index contributed by atoms with van der Waals surface area (Å²) in [5.74, 6) is 0.0659. The van der Waals surface area contributed by atoms with Crippen LogP contribution in [0.3, 0.4) is 0 Å². The Morgan fingerprint density at radius 1 is 1.65 bits per heavy atom. The first-order chi connectivity index (χ1) is 7.85. The fourth-order valence-electron chi connectivity index (χ4n) is 1.10. The predicted molar refractivity (Wildman–Crippen MR) is 65.3 cm³/mol. The molecular weight excluding hydrogens is 246 g/mol. The molecule has 0 aliphatic rings. The highest BCUT2D eigenvalue weighted by Crippen LogP contribution is 2.24. The standard InChI is InChI=1S/C10H14ClN3O3/c1-3-10(2,15)6-12-9-7(14(16)17)4-5-8(11)13-9/h4-5,15H,3,6H2,1-2H3,(H,12,13). The summed E-state index contributed by atoms with van der Waals surface area (Å²) in [7, 11) is 0. The molecule has 0 aliphatic carbocycles. The summed E-state index contributed by atoms with van der Waals surface area (Å²) in [6.07, 6.45) is 0.522. The molecule has 17 heavy (non-hydrogen) atoms. The van der Waals surface area contributed by atoms with Gasteiger partial charge in [-0.1, -0.05) is 18.5 Å². The lowest BCUT2D eigenvalue weighted by Crippen LogP contribution is -2.32. The van der Waals surface area contributed by atoms with Gasteiger partial charge in [-0.05, 0) is 19.4 Å². The topological polar surface area (TPSA) is 88.3 Å². The SMILES string of the molecule is CCC(C)(O)CNc1nc(Cl)ccc1[N+](=O)[O-]. The highest BCUT2D eigenvalue weighted by molar-refractivity contribution is 6.29. The highest BCUT2D eigenvalue weighted by Gasteiger charge is 2.21. The molecule has 0 fully saturated rings. The zero-order valence-electron chi connectivity index (χ0n) is 9.61. The van der Waals surface area contributed by atoms with E-state index in [1.54, 1.807) is 6.92 Å². The minimum absolute atomic E-state index is 0.0659. The van der Waals surface area contributed by atoms with Gasteiger partial charge in [0.05, 0.1) is 10.5 Å². The lowest BCUT2D eigenvalue weighted by atomic mass is 10.0. The van der Waals surface area contributed by atoms with E-state index in [0.29, 0.717) is 6.42 Å². The van der Waals surface area contributed by atoms with Crippen molar-refractivity contribution >= 4 is 23.1 Å². The third-order valence-corrected chi connectivity index (χ3v) is 2.65. The Kier molecular flexibility index (Phi) is 4.25. The van der Waals surface area contributed by atoms with E-state index in [0.717, 1.165) is 0 Å². The minimum atomic E-state index is -0.947. The lowest BCUT2D eigenvalue weighted by Gasteiger charge is -2.21. The number of pyridine rings is 1. The van der Waals surface area contributed by atoms with Crippen molar-refractivity contribution in [1.29, 1.82) is 0 Å². The maximum Gasteiger partial charge on any atom is 0.311 e. The molecule has 0 aliphatic heterocycles. The molecule has 94 valence electrons. The summed E-state index contributed by atoms with van der Waals surface area (Å²) < 4.78 is 0. The van der Waals surface area contributed by atoms with Crippen LogP contribution in [-0.4, -0.2) is 27.2 Å². The molecule has 6 nitrogen and oxygen atoms in total. The van der Waals surface area contributed by atoms with Crippen LogP contribution in [0.1, 0.15) is 20.3 Å². The van der Waals surface area contributed by atoms with Gasteiger partial charge in [-0.3, -0.25) is 10.1 Å². The minimum Gasteiger partial charge on any atom is -0.388 e. The Hall–Kier alpha value is -1.40. The molecule has 1 aromatic heterocycles. The van der Waals surface area contributed by atoms with Gasteiger partial charge >= 0.3 is 5.69 Å². The number of nitrogens with zero attached hydrogens (tertiary/aromatic N) is 2. The third kappa shape index (κ3) is 3.83. The Labute approximate surface area is 104 Å². The number of hydrogen-bond donors (Lipinski definition) is 2. The average molecular weight is 260 g/mol. The molecule has 1 unspecified atom stereocenters. The summed E-state index contributed by atoms with van der Waals surface area (Å²) in [6, 6.07) is 2.63. The number of halogens is 1. The molecule has 1 aromatic rings. The maximum absolute atomic E-state index is 10.7. The van der Waals surface area contributed by atoms with Gasteiger partial charge in [0.1, 0.15) is 5.15 Å². The van der Waals surface area contributed by atoms with Gasteiger partial charge in [0.15, 0.2) is 0 Å². The monoisotopic (exact) mass is 259 g/mol. The maximum atomic E-state index is 10.7. The quantitative estimate of drug-likeness (QED) is 0.481. The summed E-state index contributed by atoms with van der Waals surface area (Å²) in [4.78, 5) is 14.0. The molecule has 7 heteroatoms. The van der Waals surface area contributed by atoms with Crippen molar-refractivity contribution in [2.75, 3.05) is 11.9 Å². The third-order valence-electron chi connectivity index (χ3n) is 2.43. The van der Waals surface area contributed by atoms with Crippen molar-refractivity contribution in [3.8, 4) is 0 Å². The molecule has 0 amide bonds. The van der Waals surface area contributed by atoms with E-state index in [-0.39, 0.29) is 23.2 Å². The zero-order valence-corrected chi connectivity index (χ0v) is 10.4. The van der Waals surface area contributed by atoms with Gasteiger partial charge in [-0.25, -0.2) is 4.98 Å². The molecule has 1 rings (SSSR count). The van der Waals surface area contributed by atoms with E-state index >= 15 is 0 Å². The van der Waals surface area contributed by atoms with Crippen LogP contribution in [0.2, 0.25) is 5.15 Å². The molecule has 0 bridgehead atoms. The van der Waals surface area contributed by atoms with E-state index in [4.69, 9.17) is 11.6 Å². The number of rotatable bonds is 5. The van der Waals surface area contributed by atoms with Crippen LogP contribution in [0.15, 0.2) is 12.1 Å². The predicted octanol–water partition coefficient (Wildman–Crippen LogP) is 2.22. The first-order valence-electron chi connectivity index (χ1n) is 5.13. The fraction of sp³-hybridized carbons (Fsp3) is 0.500. The van der Waals surface area contributed by atoms with Gasteiger partial charge in [-0.2, -0.15) is 0 Å². The van der Waals surface area contributed by atoms with Crippen molar-refractivity contribution < 1.29 is 10.0 Å². The Bertz CT molecular complexity index is 423. The van der Waals surface area contributed by atoms with Gasteiger partial charge in [0, 0.05) is 12.6 Å². The van der Waals surface area contributed by atoms with Gasteiger partial charge in [0.2, 0.25) is 5.82 Å². The normalized spacial score (nSPS) is 14.1. The van der Waals surface area contributed by atoms with Crippen molar-refractivity contribution in [1.82, 2.24) is 4.98 Å². The van der Waals surface area contributed by atoms with Crippen LogP contribution in [0.4, 0.5) is 11.5 Å². The van der Waals surface area contributed by atoms with Crippen LogP contribution in [0.25, 0.3) is 0 Å². The second-order valence-electron chi connectivity index (χ2n) is 3.96. The summed E-state index contributed by atoms with van der Waals surface area (Å²) in [5.41, 5.74) is -1.11. The van der Waals surface area contributed by atoms with Crippen LogP contribution in [-0.2, 0) is 0 Å². The Morgan fingerprint density at radius 3 is 2.82 bits per heavy atom. The molecule has 0 aromatic carbocycles. The van der Waals surface area contributed by atoms with Gasteiger partial charge in [-0.15, -0.1) is 0 Å². The first kappa shape index (κ1) is 13.7. The number of aromatic nitrogens is 1. The van der Waals surface area contributed by atoms with Crippen LogP contribution in [0, 0.1) is 10.1 Å². The first-order valence-corrected chi connectivity index (χ1v) is 5.50. The van der Waals surface area contributed by atoms with E-state index in [1.165, 1.54) is 12.1 Å². The molecule has 0 saturated heterocycles. The summed E-state index contributed by atoms with van der Waals surface area (Å²) in [5, 5.41) is 23.4. The molecule has 2 N–H and O–H groups in total. The van der Waals surface area contributed by atoms with Crippen LogP contribution >= 0.6 is 11.6 Å². The van der Waals surface area contributed by atoms with Crippen molar-refractivity contribution in [2.45, 2.75) is 25.9 Å². The smallest absolute Gasteiger partial charge is 0.311 e. The largest absolute Gasteiger partial charge is 0.388 e. The van der Waals surface area contributed by atoms with Crippen molar-refractivity contribution in [3.05, 3.63) is 27.4 Å². The Morgan fingerprint density at radius 2 is 2.29 bits per heavy atom. The molecule has 1 atom stereocenters.